The van der Waals surface area contributed by atoms with Gasteiger partial charge in [-0.25, -0.2) is 0 Å². The second-order valence-electron chi connectivity index (χ2n) is 5.08. The van der Waals surface area contributed by atoms with E-state index in [1.54, 1.807) is 14.0 Å². The number of benzene rings is 2. The summed E-state index contributed by atoms with van der Waals surface area (Å²) >= 11 is 0. The number of rotatable bonds is 8. The van der Waals surface area contributed by atoms with Crippen LogP contribution in [0, 0.1) is 0 Å². The predicted molar refractivity (Wildman–Crippen MR) is 88.2 cm³/mol. The molecular weight excluding hydrogens is 292 g/mol. The summed E-state index contributed by atoms with van der Waals surface area (Å²) in [6.45, 7) is 2.66. The average Bonchev–Trinajstić information content (AvgIpc) is 2.59. The molecule has 1 atom stereocenters. The number of ether oxygens (including phenoxy) is 3. The first kappa shape index (κ1) is 17.0. The van der Waals surface area contributed by atoms with Gasteiger partial charge in [0.25, 0.3) is 0 Å². The highest BCUT2D eigenvalue weighted by Crippen LogP contribution is 2.25. The van der Waals surface area contributed by atoms with Crippen molar-refractivity contribution in [2.45, 2.75) is 26.1 Å². The largest absolute Gasteiger partial charge is 0.489 e. The van der Waals surface area contributed by atoms with E-state index in [-0.39, 0.29) is 18.5 Å². The van der Waals surface area contributed by atoms with Crippen molar-refractivity contribution in [1.82, 2.24) is 0 Å². The third kappa shape index (κ3) is 5.42. The monoisotopic (exact) mass is 314 g/mol. The van der Waals surface area contributed by atoms with Crippen LogP contribution >= 0.6 is 0 Å². The van der Waals surface area contributed by atoms with Crippen LogP contribution in [0.2, 0.25) is 0 Å². The molecule has 0 saturated carbocycles. The first-order chi connectivity index (χ1) is 11.2. The van der Waals surface area contributed by atoms with E-state index in [9.17, 15) is 4.79 Å². The van der Waals surface area contributed by atoms with E-state index >= 15 is 0 Å². The van der Waals surface area contributed by atoms with Crippen LogP contribution in [-0.2, 0) is 20.9 Å². The molecule has 2 rings (SSSR count). The van der Waals surface area contributed by atoms with Gasteiger partial charge in [-0.2, -0.15) is 0 Å². The third-order valence-corrected chi connectivity index (χ3v) is 3.42. The normalized spacial score (nSPS) is 11.7. The van der Waals surface area contributed by atoms with E-state index < -0.39 is 0 Å². The van der Waals surface area contributed by atoms with Gasteiger partial charge in [-0.1, -0.05) is 42.5 Å². The second-order valence-corrected chi connectivity index (χ2v) is 5.08. The Morgan fingerprint density at radius 2 is 1.87 bits per heavy atom. The summed E-state index contributed by atoms with van der Waals surface area (Å²) in [6, 6.07) is 17.6. The van der Waals surface area contributed by atoms with Gasteiger partial charge in [0.05, 0.1) is 19.1 Å². The van der Waals surface area contributed by atoms with E-state index in [4.69, 9.17) is 14.2 Å². The SMILES string of the molecule is CCOC(=O)C[C@@H](OC)c1cccc(OCc2ccccc2)c1. The smallest absolute Gasteiger partial charge is 0.308 e. The highest BCUT2D eigenvalue weighted by Gasteiger charge is 2.16. The Labute approximate surface area is 137 Å². The molecule has 0 bridgehead atoms. The fourth-order valence-corrected chi connectivity index (χ4v) is 2.25. The Balaban J connectivity index is 2.01. The van der Waals surface area contributed by atoms with Gasteiger partial charge in [0, 0.05) is 7.11 Å². The van der Waals surface area contributed by atoms with Crippen molar-refractivity contribution in [1.29, 1.82) is 0 Å². The van der Waals surface area contributed by atoms with Crippen LogP contribution in [0.3, 0.4) is 0 Å². The molecule has 2 aromatic carbocycles. The van der Waals surface area contributed by atoms with Gasteiger partial charge in [-0.05, 0) is 30.2 Å². The van der Waals surface area contributed by atoms with E-state index in [0.717, 1.165) is 16.9 Å². The highest BCUT2D eigenvalue weighted by atomic mass is 16.5. The Kier molecular flexibility index (Phi) is 6.63. The lowest BCUT2D eigenvalue weighted by atomic mass is 10.1. The summed E-state index contributed by atoms with van der Waals surface area (Å²) < 4.78 is 16.2. The summed E-state index contributed by atoms with van der Waals surface area (Å²) in [7, 11) is 1.58. The molecule has 0 unspecified atom stereocenters. The average molecular weight is 314 g/mol. The standard InChI is InChI=1S/C19H22O4/c1-3-22-19(20)13-18(21-2)16-10-7-11-17(12-16)23-14-15-8-5-4-6-9-15/h4-12,18H,3,13-14H2,1-2H3/t18-/m1/s1. The topological polar surface area (TPSA) is 44.8 Å². The number of carbonyl (C=O) groups is 1. The van der Waals surface area contributed by atoms with Crippen molar-refractivity contribution in [3.63, 3.8) is 0 Å². The van der Waals surface area contributed by atoms with Crippen molar-refractivity contribution < 1.29 is 19.0 Å². The minimum atomic E-state index is -0.339. The molecular formula is C19H22O4. The van der Waals surface area contributed by atoms with Crippen molar-refractivity contribution in [3.05, 3.63) is 65.7 Å². The minimum Gasteiger partial charge on any atom is -0.489 e. The van der Waals surface area contributed by atoms with Crippen molar-refractivity contribution in [2.75, 3.05) is 13.7 Å². The maximum absolute atomic E-state index is 11.6. The molecule has 0 fully saturated rings. The van der Waals surface area contributed by atoms with Crippen LogP contribution in [-0.4, -0.2) is 19.7 Å². The van der Waals surface area contributed by atoms with Crippen LogP contribution in [0.25, 0.3) is 0 Å². The summed E-state index contributed by atoms with van der Waals surface area (Å²) in [6.07, 6.45) is -0.152. The lowest BCUT2D eigenvalue weighted by molar-refractivity contribution is -0.146. The molecule has 4 nitrogen and oxygen atoms in total. The number of hydrogen-bond donors (Lipinski definition) is 0. The van der Waals surface area contributed by atoms with E-state index in [0.29, 0.717) is 13.2 Å². The predicted octanol–water partition coefficient (Wildman–Crippen LogP) is 3.91. The lowest BCUT2D eigenvalue weighted by Crippen LogP contribution is -2.12. The number of carbonyl (C=O) groups excluding carboxylic acids is 1. The Morgan fingerprint density at radius 3 is 2.57 bits per heavy atom. The van der Waals surface area contributed by atoms with Crippen LogP contribution in [0.4, 0.5) is 0 Å². The van der Waals surface area contributed by atoms with Crippen molar-refractivity contribution in [2.24, 2.45) is 0 Å². The van der Waals surface area contributed by atoms with E-state index in [1.165, 1.54) is 0 Å². The molecule has 0 saturated heterocycles. The molecule has 0 heterocycles. The molecule has 0 spiro atoms. The van der Waals surface area contributed by atoms with Crippen molar-refractivity contribution >= 4 is 5.97 Å². The van der Waals surface area contributed by atoms with Gasteiger partial charge in [0.2, 0.25) is 0 Å². The van der Waals surface area contributed by atoms with Gasteiger partial charge in [-0.15, -0.1) is 0 Å². The molecule has 0 aromatic heterocycles. The highest BCUT2D eigenvalue weighted by molar-refractivity contribution is 5.70. The minimum absolute atomic E-state index is 0.187. The molecule has 0 radical (unpaired) electrons. The zero-order chi connectivity index (χ0) is 16.5. The Bertz CT molecular complexity index is 610. The van der Waals surface area contributed by atoms with Gasteiger partial charge < -0.3 is 14.2 Å². The van der Waals surface area contributed by atoms with Gasteiger partial charge >= 0.3 is 5.97 Å². The van der Waals surface area contributed by atoms with Crippen LogP contribution in [0.15, 0.2) is 54.6 Å². The molecule has 122 valence electrons. The lowest BCUT2D eigenvalue weighted by Gasteiger charge is -2.16. The van der Waals surface area contributed by atoms with E-state index in [2.05, 4.69) is 0 Å². The molecule has 4 heteroatoms. The summed E-state index contributed by atoms with van der Waals surface area (Å²) in [5.74, 6) is 0.479. The fourth-order valence-electron chi connectivity index (χ4n) is 2.25. The summed E-state index contributed by atoms with van der Waals surface area (Å²) in [5, 5.41) is 0. The van der Waals surface area contributed by atoms with E-state index in [1.807, 2.05) is 54.6 Å². The number of esters is 1. The van der Waals surface area contributed by atoms with Gasteiger partial charge in [0.15, 0.2) is 0 Å². The Hall–Kier alpha value is -2.33. The molecule has 23 heavy (non-hydrogen) atoms. The van der Waals surface area contributed by atoms with Crippen LogP contribution in [0.5, 0.6) is 5.75 Å². The Morgan fingerprint density at radius 1 is 1.09 bits per heavy atom. The molecule has 0 aliphatic heterocycles. The second kappa shape index (κ2) is 8.96. The van der Waals surface area contributed by atoms with Gasteiger partial charge in [-0.3, -0.25) is 4.79 Å². The molecule has 2 aromatic rings. The zero-order valence-corrected chi connectivity index (χ0v) is 13.5. The van der Waals surface area contributed by atoms with Crippen molar-refractivity contribution in [3.8, 4) is 5.75 Å². The fraction of sp³-hybridized carbons (Fsp3) is 0.316. The maximum atomic E-state index is 11.6. The van der Waals surface area contributed by atoms with Gasteiger partial charge in [0.1, 0.15) is 12.4 Å². The first-order valence-corrected chi connectivity index (χ1v) is 7.68. The molecule has 0 N–H and O–H groups in total. The summed E-state index contributed by atoms with van der Waals surface area (Å²) in [5.41, 5.74) is 2.00. The first-order valence-electron chi connectivity index (χ1n) is 7.68. The number of hydrogen-bond acceptors (Lipinski definition) is 4. The molecule has 0 aliphatic rings. The summed E-state index contributed by atoms with van der Waals surface area (Å²) in [4.78, 5) is 11.6. The van der Waals surface area contributed by atoms with Crippen LogP contribution < -0.4 is 4.74 Å². The third-order valence-electron chi connectivity index (χ3n) is 3.42. The molecule has 0 amide bonds. The quantitative estimate of drug-likeness (QED) is 0.693. The molecule has 0 aliphatic carbocycles. The zero-order valence-electron chi connectivity index (χ0n) is 13.5. The maximum Gasteiger partial charge on any atom is 0.308 e. The number of methoxy groups -OCH3 is 1. The van der Waals surface area contributed by atoms with Crippen LogP contribution in [0.1, 0.15) is 30.6 Å².